The molecule has 0 bridgehead atoms. The summed E-state index contributed by atoms with van der Waals surface area (Å²) < 4.78 is -3.07. The van der Waals surface area contributed by atoms with Crippen molar-refractivity contribution in [1.82, 2.24) is 0 Å². The second-order valence-corrected chi connectivity index (χ2v) is 78.1. The van der Waals surface area contributed by atoms with Crippen LogP contribution in [0.5, 0.6) is 0 Å². The van der Waals surface area contributed by atoms with Crippen LogP contribution in [0.15, 0.2) is 30.3 Å². The lowest BCUT2D eigenvalue weighted by Crippen LogP contribution is -2.48. The molecule has 0 aliphatic heterocycles. The predicted molar refractivity (Wildman–Crippen MR) is 117 cm³/mol. The van der Waals surface area contributed by atoms with Gasteiger partial charge in [-0.25, -0.2) is 0 Å². The van der Waals surface area contributed by atoms with Crippen molar-refractivity contribution in [2.75, 3.05) is 0 Å². The van der Waals surface area contributed by atoms with Crippen LogP contribution in [0, 0.1) is 0 Å². The van der Waals surface area contributed by atoms with Crippen molar-refractivity contribution in [3.8, 4) is 0 Å². The Morgan fingerprint density at radius 2 is 1.39 bits per heavy atom. The van der Waals surface area contributed by atoms with E-state index in [2.05, 4.69) is 138 Å². The Morgan fingerprint density at radius 3 is 1.56 bits per heavy atom. The van der Waals surface area contributed by atoms with Crippen LogP contribution >= 0.6 is 107 Å². The maximum absolute atomic E-state index is 3.71. The van der Waals surface area contributed by atoms with Crippen LogP contribution in [0.3, 0.4) is 0 Å². The summed E-state index contributed by atoms with van der Waals surface area (Å²) in [6, 6.07) is 10.5. The molecule has 0 atom stereocenters. The number of aryl methyl sites for hydroxylation is 1. The summed E-state index contributed by atoms with van der Waals surface area (Å²) >= 11 is 25.5. The predicted octanol–water partition coefficient (Wildman–Crippen LogP) is 6.76. The SMILES string of the molecule is Br[SiH](Br)[Si](Br)(Br)[Si](Br)(Br)Br.CCc1ccccc1. The van der Waals surface area contributed by atoms with E-state index in [4.69, 9.17) is 0 Å². The van der Waals surface area contributed by atoms with Crippen molar-refractivity contribution in [3.63, 3.8) is 0 Å². The molecule has 0 spiro atoms. The fourth-order valence-electron chi connectivity index (χ4n) is 0.837. The molecule has 0 aliphatic rings. The van der Waals surface area contributed by atoms with E-state index in [9.17, 15) is 0 Å². The van der Waals surface area contributed by atoms with Gasteiger partial charge in [-0.3, -0.25) is 0 Å². The van der Waals surface area contributed by atoms with E-state index in [1.807, 2.05) is 6.07 Å². The van der Waals surface area contributed by atoms with E-state index < -0.39 is 13.3 Å². The second kappa shape index (κ2) is 10.1. The zero-order chi connectivity index (χ0) is 14.4. The van der Waals surface area contributed by atoms with Gasteiger partial charge in [-0.05, 0) is 12.0 Å². The van der Waals surface area contributed by atoms with Crippen LogP contribution in [0.25, 0.3) is 0 Å². The minimum absolute atomic E-state index is 0.986. The lowest BCUT2D eigenvalue weighted by molar-refractivity contribution is 1.14. The smallest absolute Gasteiger partial charge is 0.117 e. The van der Waals surface area contributed by atoms with Crippen LogP contribution in [0.2, 0.25) is 0 Å². The zero-order valence-electron chi connectivity index (χ0n) is 9.32. The van der Waals surface area contributed by atoms with Crippen LogP contribution in [0.1, 0.15) is 12.5 Å². The number of rotatable bonds is 3. The monoisotopic (exact) mass is 743 g/mol. The van der Waals surface area contributed by atoms with Crippen molar-refractivity contribution >= 4 is 120 Å². The Morgan fingerprint density at radius 1 is 0.944 bits per heavy atom. The second-order valence-electron chi connectivity index (χ2n) is 3.26. The normalized spacial score (nSPS) is 12.1. The van der Waals surface area contributed by atoms with Gasteiger partial charge in [0.25, 0.3) is 3.45 Å². The van der Waals surface area contributed by atoms with Crippen LogP contribution < -0.4 is 0 Å². The third kappa shape index (κ3) is 8.02. The first-order valence-electron chi connectivity index (χ1n) is 4.89. The molecule has 0 nitrogen and oxygen atoms in total. The maximum atomic E-state index is 3.71. The zero-order valence-corrected chi connectivity index (χ0v) is 23.6. The van der Waals surface area contributed by atoms with Gasteiger partial charge in [-0.1, -0.05) is 83.1 Å². The molecule has 0 saturated heterocycles. The molecule has 18 heavy (non-hydrogen) atoms. The Kier molecular flexibility index (Phi) is 11.9. The highest BCUT2D eigenvalue weighted by molar-refractivity contribution is 9.84. The van der Waals surface area contributed by atoms with Gasteiger partial charge in [-0.2, -0.15) is 0 Å². The molecule has 1 rings (SSSR count). The minimum atomic E-state index is -1.57. The molecule has 0 radical (unpaired) electrons. The molecule has 0 unspecified atom stereocenters. The van der Waals surface area contributed by atoms with Crippen molar-refractivity contribution < 1.29 is 0 Å². The third-order valence-electron chi connectivity index (χ3n) is 1.90. The van der Waals surface area contributed by atoms with Crippen molar-refractivity contribution in [1.29, 1.82) is 0 Å². The summed E-state index contributed by atoms with van der Waals surface area (Å²) in [5.41, 5.74) is 0.423. The van der Waals surface area contributed by atoms with Gasteiger partial charge < -0.3 is 0 Å². The lowest BCUT2D eigenvalue weighted by Gasteiger charge is -2.25. The highest BCUT2D eigenvalue weighted by Crippen LogP contribution is 2.47. The third-order valence-corrected chi connectivity index (χ3v) is 132. The maximum Gasteiger partial charge on any atom is 0.277 e. The van der Waals surface area contributed by atoms with Crippen LogP contribution in [-0.2, 0) is 6.42 Å². The van der Waals surface area contributed by atoms with Gasteiger partial charge in [0.05, 0.1) is 0 Å². The van der Waals surface area contributed by atoms with Gasteiger partial charge >= 0.3 is 0 Å². The molecule has 0 aromatic heterocycles. The largest absolute Gasteiger partial charge is 0.277 e. The van der Waals surface area contributed by atoms with E-state index in [0.717, 1.165) is 6.42 Å². The van der Waals surface area contributed by atoms with E-state index in [1.165, 1.54) is 5.56 Å². The van der Waals surface area contributed by atoms with Gasteiger partial charge in [0.15, 0.2) is 0 Å². The molecule has 0 N–H and O–H groups in total. The molecule has 0 aliphatic carbocycles. The summed E-state index contributed by atoms with van der Waals surface area (Å²) in [7, 11) is 0. The standard InChI is InChI=1S/C8H10.Br7HSi3/c1-2-8-6-4-3-5-7-8;1-8(2)10(6,7)9(3,4)5/h3-7H,2H2,1H3;8H. The van der Waals surface area contributed by atoms with Gasteiger partial charge in [-0.15, -0.1) is 61.2 Å². The molecule has 10 heteroatoms. The molecule has 1 aromatic rings. The van der Waals surface area contributed by atoms with E-state index in [1.54, 1.807) is 0 Å². The van der Waals surface area contributed by atoms with Crippen molar-refractivity contribution in [2.45, 2.75) is 13.3 Å². The lowest BCUT2D eigenvalue weighted by atomic mass is 10.2. The number of hydrogen-bond donors (Lipinski definition) is 0. The Bertz CT molecular complexity index is 338. The Balaban J connectivity index is 0.000000327. The van der Waals surface area contributed by atoms with Gasteiger partial charge in [0.1, 0.15) is 0 Å². The highest BCUT2D eigenvalue weighted by atomic mass is 80.0. The van der Waals surface area contributed by atoms with E-state index in [-0.39, 0.29) is 0 Å². The Hall–Kier alpha value is 3.23. The fraction of sp³-hybridized carbons (Fsp3) is 0.250. The highest BCUT2D eigenvalue weighted by Gasteiger charge is 2.53. The quantitative estimate of drug-likeness (QED) is 0.237. The summed E-state index contributed by atoms with van der Waals surface area (Å²) in [6.45, 7) is 2.16. The van der Waals surface area contributed by atoms with Crippen molar-refractivity contribution in [3.05, 3.63) is 35.9 Å². The molecular formula is C8H11Br7Si3. The van der Waals surface area contributed by atoms with E-state index in [0.29, 0.717) is 0 Å². The Labute approximate surface area is 167 Å². The number of hydrogen-bond acceptors (Lipinski definition) is 0. The van der Waals surface area contributed by atoms with Crippen LogP contribution in [0.4, 0.5) is 0 Å². The number of halogens is 7. The molecule has 104 valence electrons. The first-order chi connectivity index (χ1) is 8.13. The molecule has 1 aromatic carbocycles. The minimum Gasteiger partial charge on any atom is -0.117 e. The van der Waals surface area contributed by atoms with Crippen LogP contribution in [-0.4, -0.2) is 13.3 Å². The summed E-state index contributed by atoms with van der Waals surface area (Å²) in [5.74, 6) is 0. The average Bonchev–Trinajstić information content (AvgIpc) is 2.29. The molecule has 0 fully saturated rings. The van der Waals surface area contributed by atoms with Crippen molar-refractivity contribution in [2.24, 2.45) is 0 Å². The first-order valence-corrected chi connectivity index (χ1v) is 29.4. The van der Waals surface area contributed by atoms with E-state index >= 15 is 0 Å². The molecular weight excluding hydrogens is 740 g/mol. The topological polar surface area (TPSA) is 0 Å². The summed E-state index contributed by atoms with van der Waals surface area (Å²) in [6.07, 6.45) is 1.14. The van der Waals surface area contributed by atoms with Gasteiger partial charge in [0, 0.05) is 0 Å². The van der Waals surface area contributed by atoms with Gasteiger partial charge in [0.2, 0.25) is 9.90 Å². The molecule has 0 amide bonds. The summed E-state index contributed by atoms with van der Waals surface area (Å²) in [4.78, 5) is 0. The average molecular weight is 751 g/mol. The molecule has 0 saturated carbocycles. The fourth-order valence-corrected chi connectivity index (χ4v) is 90.9. The first kappa shape index (κ1) is 21.2. The molecule has 0 heterocycles. The summed E-state index contributed by atoms with van der Waals surface area (Å²) in [5, 5.41) is 0. The number of benzene rings is 1.